The van der Waals surface area contributed by atoms with E-state index < -0.39 is 0 Å². The van der Waals surface area contributed by atoms with Crippen molar-refractivity contribution in [3.63, 3.8) is 0 Å². The number of anilines is 2. The molecular weight excluding hydrogens is 450 g/mol. The third kappa shape index (κ3) is 4.47. The van der Waals surface area contributed by atoms with Gasteiger partial charge in [0.1, 0.15) is 23.3 Å². The molecule has 8 heteroatoms. The van der Waals surface area contributed by atoms with Crippen LogP contribution in [0.4, 0.5) is 11.5 Å². The molecule has 36 heavy (non-hydrogen) atoms. The second kappa shape index (κ2) is 9.54. The fourth-order valence-corrected chi connectivity index (χ4v) is 4.83. The van der Waals surface area contributed by atoms with Gasteiger partial charge in [0.05, 0.1) is 22.9 Å². The fraction of sp³-hybridized carbons (Fsp3) is 0.286. The molecular formula is C28H29N7O. The minimum absolute atomic E-state index is 0.411. The summed E-state index contributed by atoms with van der Waals surface area (Å²) in [5.41, 5.74) is 6.64. The highest BCUT2D eigenvalue weighted by Gasteiger charge is 2.17. The summed E-state index contributed by atoms with van der Waals surface area (Å²) in [4.78, 5) is 18.4. The predicted molar refractivity (Wildman–Crippen MR) is 142 cm³/mol. The Morgan fingerprint density at radius 1 is 1.00 bits per heavy atom. The van der Waals surface area contributed by atoms with Gasteiger partial charge in [-0.3, -0.25) is 0 Å². The van der Waals surface area contributed by atoms with E-state index in [-0.39, 0.29) is 0 Å². The lowest BCUT2D eigenvalue weighted by Gasteiger charge is -2.15. The summed E-state index contributed by atoms with van der Waals surface area (Å²) in [5.74, 6) is 2.67. The number of nitrogens with zero attached hydrogens (tertiary/aromatic N) is 5. The molecule has 6 rings (SSSR count). The molecule has 182 valence electrons. The maximum Gasteiger partial charge on any atom is 0.160 e. The quantitative estimate of drug-likeness (QED) is 0.338. The Labute approximate surface area is 209 Å². The molecule has 0 saturated carbocycles. The number of rotatable bonds is 5. The van der Waals surface area contributed by atoms with Crippen LogP contribution in [0.15, 0.2) is 61.2 Å². The molecule has 0 spiro atoms. The normalized spacial score (nSPS) is 16.2. The average Bonchev–Trinajstić information content (AvgIpc) is 3.07. The summed E-state index contributed by atoms with van der Waals surface area (Å²) >= 11 is 0. The molecule has 1 fully saturated rings. The first-order chi connectivity index (χ1) is 17.6. The van der Waals surface area contributed by atoms with Crippen LogP contribution < -0.4 is 15.4 Å². The number of nitrogens with one attached hydrogen (secondary N) is 2. The van der Waals surface area contributed by atoms with Crippen molar-refractivity contribution in [3.05, 3.63) is 72.4 Å². The second-order valence-electron chi connectivity index (χ2n) is 9.44. The Morgan fingerprint density at radius 2 is 1.94 bits per heavy atom. The van der Waals surface area contributed by atoms with E-state index in [4.69, 9.17) is 9.72 Å². The number of pyridine rings is 1. The summed E-state index contributed by atoms with van der Waals surface area (Å²) in [7, 11) is 1.98. The number of fused-ring (bicyclic) bond motifs is 2. The predicted octanol–water partition coefficient (Wildman–Crippen LogP) is 5.61. The Bertz CT molecular complexity index is 1540. The molecule has 4 heterocycles. The third-order valence-corrected chi connectivity index (χ3v) is 6.83. The lowest BCUT2D eigenvalue weighted by molar-refractivity contribution is 0.479. The van der Waals surface area contributed by atoms with Gasteiger partial charge >= 0.3 is 0 Å². The maximum absolute atomic E-state index is 6.17. The van der Waals surface area contributed by atoms with Gasteiger partial charge in [0, 0.05) is 37.0 Å². The number of ether oxygens (including phenoxy) is 1. The highest BCUT2D eigenvalue weighted by atomic mass is 16.5. The van der Waals surface area contributed by atoms with Crippen LogP contribution in [0.2, 0.25) is 0 Å². The van der Waals surface area contributed by atoms with Gasteiger partial charge in [0.2, 0.25) is 0 Å². The molecule has 8 nitrogen and oxygen atoms in total. The molecule has 1 saturated heterocycles. The van der Waals surface area contributed by atoms with Crippen LogP contribution in [0.5, 0.6) is 11.5 Å². The minimum Gasteiger partial charge on any atom is -0.457 e. The molecule has 2 aromatic carbocycles. The largest absolute Gasteiger partial charge is 0.457 e. The van der Waals surface area contributed by atoms with E-state index in [1.165, 1.54) is 12.8 Å². The molecule has 0 unspecified atom stereocenters. The van der Waals surface area contributed by atoms with Gasteiger partial charge in [-0.2, -0.15) is 0 Å². The smallest absolute Gasteiger partial charge is 0.160 e. The van der Waals surface area contributed by atoms with Crippen molar-refractivity contribution in [2.45, 2.75) is 32.1 Å². The van der Waals surface area contributed by atoms with Crippen molar-refractivity contribution in [2.24, 2.45) is 7.05 Å². The van der Waals surface area contributed by atoms with E-state index in [1.807, 2.05) is 55.2 Å². The standard InChI is InChI=1S/C28H29N7O/c1-18-13-20(6-11-26(18)36-21-7-10-25-24(14-21)32-17-35(25)2)33-28-27-23(30-16-31-28)9-8-22(34-27)19-5-3-4-12-29-15-19/h6-11,13-14,16-17,19,29H,3-5,12,15H2,1-2H3,(H,30,31,33)/t19-/m0/s1. The van der Waals surface area contributed by atoms with E-state index in [1.54, 1.807) is 6.33 Å². The van der Waals surface area contributed by atoms with E-state index in [0.29, 0.717) is 11.7 Å². The van der Waals surface area contributed by atoms with Gasteiger partial charge in [-0.15, -0.1) is 0 Å². The van der Waals surface area contributed by atoms with E-state index in [2.05, 4.69) is 43.8 Å². The Balaban J connectivity index is 1.24. The van der Waals surface area contributed by atoms with Crippen LogP contribution in [0.3, 0.4) is 0 Å². The summed E-state index contributed by atoms with van der Waals surface area (Å²) < 4.78 is 8.17. The number of benzene rings is 2. The highest BCUT2D eigenvalue weighted by Crippen LogP contribution is 2.31. The Kier molecular flexibility index (Phi) is 5.95. The van der Waals surface area contributed by atoms with Crippen molar-refractivity contribution in [1.29, 1.82) is 0 Å². The first-order valence-corrected chi connectivity index (χ1v) is 12.4. The molecule has 0 aliphatic carbocycles. The molecule has 1 atom stereocenters. The summed E-state index contributed by atoms with van der Waals surface area (Å²) in [6.07, 6.45) is 6.98. The lowest BCUT2D eigenvalue weighted by Crippen LogP contribution is -2.20. The molecule has 3 aromatic heterocycles. The van der Waals surface area contributed by atoms with E-state index >= 15 is 0 Å². The number of hydrogen-bond acceptors (Lipinski definition) is 7. The molecule has 1 aliphatic rings. The van der Waals surface area contributed by atoms with Crippen LogP contribution in [0.25, 0.3) is 22.1 Å². The van der Waals surface area contributed by atoms with Gasteiger partial charge in [-0.1, -0.05) is 6.42 Å². The summed E-state index contributed by atoms with van der Waals surface area (Å²) in [6.45, 7) is 4.08. The van der Waals surface area contributed by atoms with E-state index in [9.17, 15) is 0 Å². The Morgan fingerprint density at radius 3 is 2.86 bits per heavy atom. The monoisotopic (exact) mass is 479 g/mol. The summed E-state index contributed by atoms with van der Waals surface area (Å²) in [6, 6.07) is 16.1. The van der Waals surface area contributed by atoms with Crippen molar-refractivity contribution >= 4 is 33.6 Å². The number of aromatic nitrogens is 5. The SMILES string of the molecule is Cc1cc(Nc2ncnc3ccc([C@H]4CCCCNC4)nc23)ccc1Oc1ccc2c(c1)ncn2C. The lowest BCUT2D eigenvalue weighted by atomic mass is 9.99. The van der Waals surface area contributed by atoms with Crippen LogP contribution >= 0.6 is 0 Å². The van der Waals surface area contributed by atoms with Crippen molar-refractivity contribution in [2.75, 3.05) is 18.4 Å². The molecule has 1 aliphatic heterocycles. The van der Waals surface area contributed by atoms with Gasteiger partial charge in [-0.25, -0.2) is 19.9 Å². The van der Waals surface area contributed by atoms with Crippen molar-refractivity contribution < 1.29 is 4.74 Å². The van der Waals surface area contributed by atoms with Gasteiger partial charge in [0.25, 0.3) is 0 Å². The minimum atomic E-state index is 0.411. The first-order valence-electron chi connectivity index (χ1n) is 12.4. The Hall–Kier alpha value is -4.04. The third-order valence-electron chi connectivity index (χ3n) is 6.83. The van der Waals surface area contributed by atoms with Gasteiger partial charge in [0.15, 0.2) is 5.82 Å². The zero-order chi connectivity index (χ0) is 24.5. The van der Waals surface area contributed by atoms with E-state index in [0.717, 1.165) is 70.0 Å². The molecule has 5 aromatic rings. The average molecular weight is 480 g/mol. The highest BCUT2D eigenvalue weighted by molar-refractivity contribution is 5.87. The number of imidazole rings is 1. The summed E-state index contributed by atoms with van der Waals surface area (Å²) in [5, 5.41) is 6.98. The van der Waals surface area contributed by atoms with Crippen LogP contribution in [-0.4, -0.2) is 37.6 Å². The molecule has 0 bridgehead atoms. The van der Waals surface area contributed by atoms with Gasteiger partial charge < -0.3 is 19.9 Å². The second-order valence-corrected chi connectivity index (χ2v) is 9.44. The maximum atomic E-state index is 6.17. The zero-order valence-corrected chi connectivity index (χ0v) is 20.5. The van der Waals surface area contributed by atoms with Crippen molar-refractivity contribution in [3.8, 4) is 11.5 Å². The van der Waals surface area contributed by atoms with Crippen LogP contribution in [-0.2, 0) is 7.05 Å². The van der Waals surface area contributed by atoms with Crippen LogP contribution in [0.1, 0.15) is 36.4 Å². The topological polar surface area (TPSA) is 89.8 Å². The molecule has 0 amide bonds. The molecule has 0 radical (unpaired) electrons. The zero-order valence-electron chi connectivity index (χ0n) is 20.5. The number of aryl methyl sites for hydroxylation is 2. The molecule has 2 N–H and O–H groups in total. The first kappa shape index (κ1) is 22.4. The van der Waals surface area contributed by atoms with Crippen molar-refractivity contribution in [1.82, 2.24) is 29.8 Å². The fourth-order valence-electron chi connectivity index (χ4n) is 4.83. The number of hydrogen-bond donors (Lipinski definition) is 2. The van der Waals surface area contributed by atoms with Gasteiger partial charge in [-0.05, 0) is 74.3 Å². The van der Waals surface area contributed by atoms with Crippen LogP contribution in [0, 0.1) is 6.92 Å².